The predicted molar refractivity (Wildman–Crippen MR) is 154 cm³/mol. The first-order chi connectivity index (χ1) is 20.7. The second kappa shape index (κ2) is 12.2. The zero-order chi connectivity index (χ0) is 31.8. The molecule has 5 rings (SSSR count). The molecule has 14 heteroatoms. The van der Waals surface area contributed by atoms with Gasteiger partial charge < -0.3 is 19.5 Å². The van der Waals surface area contributed by atoms with Gasteiger partial charge in [-0.25, -0.2) is 14.2 Å². The van der Waals surface area contributed by atoms with Gasteiger partial charge in [0.15, 0.2) is 11.5 Å². The number of benzene rings is 1. The number of methoxy groups -OCH3 is 1. The van der Waals surface area contributed by atoms with E-state index in [0.29, 0.717) is 28.7 Å². The average Bonchev–Trinajstić information content (AvgIpc) is 3.53. The molecule has 10 nitrogen and oxygen atoms in total. The lowest BCUT2D eigenvalue weighted by molar-refractivity contribution is -0.184. The third-order valence-corrected chi connectivity index (χ3v) is 7.04. The zero-order valence-corrected chi connectivity index (χ0v) is 25.0. The molecule has 1 fully saturated rings. The molecule has 4 heterocycles. The van der Waals surface area contributed by atoms with Gasteiger partial charge in [-0.05, 0) is 57.9 Å². The van der Waals surface area contributed by atoms with Crippen LogP contribution in [0.25, 0.3) is 28.1 Å². The quantitative estimate of drug-likeness (QED) is 0.251. The molecule has 1 aliphatic heterocycles. The third-order valence-electron chi connectivity index (χ3n) is 7.04. The number of aromatic nitrogens is 4. The Morgan fingerprint density at radius 1 is 1.14 bits per heavy atom. The molecule has 236 valence electrons. The Bertz CT molecular complexity index is 1650. The number of likely N-dealkylation sites (tertiary alicyclic amines) is 1. The highest BCUT2D eigenvalue weighted by Gasteiger charge is 2.47. The number of alkyl carbamates (subject to hydrolysis) is 1. The second-order valence-electron chi connectivity index (χ2n) is 11.8. The van der Waals surface area contributed by atoms with Crippen molar-refractivity contribution in [1.82, 2.24) is 29.8 Å². The van der Waals surface area contributed by atoms with Crippen LogP contribution in [0.2, 0.25) is 0 Å². The van der Waals surface area contributed by atoms with Crippen LogP contribution in [0.1, 0.15) is 45.7 Å². The van der Waals surface area contributed by atoms with Crippen molar-refractivity contribution >= 4 is 22.6 Å². The number of nitrogens with one attached hydrogen (secondary N) is 1. The van der Waals surface area contributed by atoms with Gasteiger partial charge in [0.25, 0.3) is 0 Å². The monoisotopic (exact) mass is 618 g/mol. The molecule has 0 unspecified atom stereocenters. The molecule has 1 aliphatic rings. The second-order valence-corrected chi connectivity index (χ2v) is 11.8. The van der Waals surface area contributed by atoms with Crippen LogP contribution in [-0.2, 0) is 9.47 Å². The van der Waals surface area contributed by atoms with Crippen LogP contribution < -0.4 is 10.1 Å². The van der Waals surface area contributed by atoms with Gasteiger partial charge in [-0.1, -0.05) is 12.1 Å². The summed E-state index contributed by atoms with van der Waals surface area (Å²) in [6.07, 6.45) is -3.99. The van der Waals surface area contributed by atoms with E-state index in [1.54, 1.807) is 39.8 Å². The van der Waals surface area contributed by atoms with E-state index in [9.17, 15) is 22.4 Å². The Kier molecular flexibility index (Phi) is 8.67. The molecular formula is C30H34F4N6O4. The van der Waals surface area contributed by atoms with Gasteiger partial charge in [0.05, 0.1) is 6.61 Å². The van der Waals surface area contributed by atoms with Gasteiger partial charge in [0.1, 0.15) is 40.5 Å². The Labute approximate surface area is 251 Å². The van der Waals surface area contributed by atoms with Crippen molar-refractivity contribution in [2.24, 2.45) is 0 Å². The van der Waals surface area contributed by atoms with Crippen LogP contribution in [0.3, 0.4) is 0 Å². The van der Waals surface area contributed by atoms with Crippen LogP contribution in [-0.4, -0.2) is 81.3 Å². The molecule has 44 heavy (non-hydrogen) atoms. The highest BCUT2D eigenvalue weighted by molar-refractivity contribution is 5.86. The number of nitrogens with zero attached hydrogens (tertiary/aromatic N) is 5. The molecule has 3 aromatic heterocycles. The number of amides is 1. The van der Waals surface area contributed by atoms with Crippen LogP contribution in [0.4, 0.5) is 22.4 Å². The summed E-state index contributed by atoms with van der Waals surface area (Å²) in [6, 6.07) is 6.17. The molecule has 0 saturated carbocycles. The standard InChI is InChI=1S/C30H34F4N6O4/c1-17(16-42-5)43-23-13-20(31)12-18-6-8-22(36-25(18)23)27-38-37-24-9-7-19(14-40(24)27)26(30(32,33)34)39-11-10-21(15-39)35-28(41)44-29(2,3)4/h6-9,12-14,17,21,26H,10-11,15-16H2,1-5H3,(H,35,41)/t17-,21+,26-/m1/s1. The third kappa shape index (κ3) is 7.02. The van der Waals surface area contributed by atoms with E-state index in [1.807, 2.05) is 0 Å². The van der Waals surface area contributed by atoms with Gasteiger partial charge in [-0.3, -0.25) is 9.30 Å². The normalized spacial score (nSPS) is 17.6. The van der Waals surface area contributed by atoms with Gasteiger partial charge in [0, 0.05) is 43.9 Å². The lowest BCUT2D eigenvalue weighted by Crippen LogP contribution is -2.42. The summed E-state index contributed by atoms with van der Waals surface area (Å²) in [5, 5.41) is 11.5. The number of rotatable bonds is 8. The maximum absolute atomic E-state index is 14.6. The number of hydrogen-bond donors (Lipinski definition) is 1. The fourth-order valence-electron chi connectivity index (χ4n) is 5.33. The van der Waals surface area contributed by atoms with E-state index in [0.717, 1.165) is 0 Å². The molecule has 1 aromatic carbocycles. The van der Waals surface area contributed by atoms with E-state index < -0.39 is 41.9 Å². The molecule has 3 atom stereocenters. The number of carbonyl (C=O) groups is 1. The smallest absolute Gasteiger partial charge is 0.408 e. The number of carbonyl (C=O) groups excluding carboxylic acids is 1. The summed E-state index contributed by atoms with van der Waals surface area (Å²) >= 11 is 0. The van der Waals surface area contributed by atoms with Crippen LogP contribution in [0.5, 0.6) is 5.75 Å². The summed E-state index contributed by atoms with van der Waals surface area (Å²) in [5.74, 6) is -0.106. The maximum atomic E-state index is 14.6. The minimum absolute atomic E-state index is 0.0104. The van der Waals surface area contributed by atoms with E-state index in [-0.39, 0.29) is 36.8 Å². The number of fused-ring (bicyclic) bond motifs is 2. The van der Waals surface area contributed by atoms with Gasteiger partial charge in [-0.2, -0.15) is 13.2 Å². The van der Waals surface area contributed by atoms with Gasteiger partial charge >= 0.3 is 12.3 Å². The van der Waals surface area contributed by atoms with Crippen molar-refractivity contribution in [2.45, 2.75) is 64.1 Å². The Morgan fingerprint density at radius 2 is 1.91 bits per heavy atom. The SMILES string of the molecule is COC[C@@H](C)Oc1cc(F)cc2ccc(-c3nnc4ccc([C@@H](N5CC[C@H](NC(=O)OC(C)(C)C)C5)C(F)(F)F)cn34)nc12. The molecule has 1 saturated heterocycles. The summed E-state index contributed by atoms with van der Waals surface area (Å²) < 4.78 is 75.7. The lowest BCUT2D eigenvalue weighted by atomic mass is 10.1. The molecule has 1 N–H and O–H groups in total. The predicted octanol–water partition coefficient (Wildman–Crippen LogP) is 5.70. The number of alkyl halides is 3. The minimum atomic E-state index is -4.61. The minimum Gasteiger partial charge on any atom is -0.486 e. The molecule has 4 aromatic rings. The van der Waals surface area contributed by atoms with Crippen LogP contribution in [0.15, 0.2) is 42.6 Å². The highest BCUT2D eigenvalue weighted by Crippen LogP contribution is 2.40. The zero-order valence-electron chi connectivity index (χ0n) is 25.0. The van der Waals surface area contributed by atoms with Gasteiger partial charge in [-0.15, -0.1) is 10.2 Å². The number of ether oxygens (including phenoxy) is 3. The molecule has 0 spiro atoms. The molecule has 1 amide bonds. The molecule has 0 aliphatic carbocycles. The first-order valence-corrected chi connectivity index (χ1v) is 14.1. The molecule has 0 radical (unpaired) electrons. The van der Waals surface area contributed by atoms with Gasteiger partial charge in [0.2, 0.25) is 0 Å². The summed E-state index contributed by atoms with van der Waals surface area (Å²) in [6.45, 7) is 7.29. The van der Waals surface area contributed by atoms with Crippen molar-refractivity contribution in [3.8, 4) is 17.3 Å². The first-order valence-electron chi connectivity index (χ1n) is 14.1. The number of hydrogen-bond acceptors (Lipinski definition) is 8. The van der Waals surface area contributed by atoms with Crippen molar-refractivity contribution in [3.63, 3.8) is 0 Å². The highest BCUT2D eigenvalue weighted by atomic mass is 19.4. The molecule has 0 bridgehead atoms. The molecular weight excluding hydrogens is 584 g/mol. The Hall–Kier alpha value is -4.04. The maximum Gasteiger partial charge on any atom is 0.408 e. The van der Waals surface area contributed by atoms with E-state index >= 15 is 0 Å². The van der Waals surface area contributed by atoms with Crippen molar-refractivity contribution in [2.75, 3.05) is 26.8 Å². The number of halogens is 4. The van der Waals surface area contributed by atoms with Crippen LogP contribution >= 0.6 is 0 Å². The van der Waals surface area contributed by atoms with Crippen molar-refractivity contribution in [1.29, 1.82) is 0 Å². The summed E-state index contributed by atoms with van der Waals surface area (Å²) in [7, 11) is 1.52. The van der Waals surface area contributed by atoms with E-state index in [1.165, 1.54) is 46.9 Å². The summed E-state index contributed by atoms with van der Waals surface area (Å²) in [5.41, 5.74) is 0.236. The van der Waals surface area contributed by atoms with Crippen molar-refractivity contribution < 1.29 is 36.6 Å². The fraction of sp³-hybridized carbons (Fsp3) is 0.467. The Morgan fingerprint density at radius 3 is 2.61 bits per heavy atom. The first kappa shape index (κ1) is 31.4. The van der Waals surface area contributed by atoms with E-state index in [2.05, 4.69) is 20.5 Å². The fourth-order valence-corrected chi connectivity index (χ4v) is 5.33. The summed E-state index contributed by atoms with van der Waals surface area (Å²) in [4.78, 5) is 18.2. The van der Waals surface area contributed by atoms with Crippen molar-refractivity contribution in [3.05, 3.63) is 54.0 Å². The number of pyridine rings is 2. The lowest BCUT2D eigenvalue weighted by Gasteiger charge is -2.30. The van der Waals surface area contributed by atoms with E-state index in [4.69, 9.17) is 14.2 Å². The topological polar surface area (TPSA) is 103 Å². The Balaban J connectivity index is 1.47. The van der Waals surface area contributed by atoms with Crippen LogP contribution in [0, 0.1) is 5.82 Å². The average molecular weight is 619 g/mol. The largest absolute Gasteiger partial charge is 0.486 e.